The second-order valence-corrected chi connectivity index (χ2v) is 7.30. The number of rotatable bonds is 3. The van der Waals surface area contributed by atoms with Crippen molar-refractivity contribution in [3.05, 3.63) is 35.8 Å². The van der Waals surface area contributed by atoms with E-state index in [0.717, 1.165) is 37.4 Å². The lowest BCUT2D eigenvalue weighted by molar-refractivity contribution is 0.596. The Labute approximate surface area is 146 Å². The third-order valence-electron chi connectivity index (χ3n) is 4.13. The molecule has 0 atom stereocenters. The highest BCUT2D eigenvalue weighted by Crippen LogP contribution is 2.41. The van der Waals surface area contributed by atoms with Crippen LogP contribution in [0.2, 0.25) is 0 Å². The molecule has 4 nitrogen and oxygen atoms in total. The molecule has 7 heteroatoms. The first-order chi connectivity index (χ1) is 11.6. The summed E-state index contributed by atoms with van der Waals surface area (Å²) in [6.45, 7) is 1.78. The van der Waals surface area contributed by atoms with Crippen molar-refractivity contribution >= 4 is 49.3 Å². The fraction of sp³-hybridized carbons (Fsp3) is 0.176. The van der Waals surface area contributed by atoms with Gasteiger partial charge in [0.05, 0.1) is 26.8 Å². The van der Waals surface area contributed by atoms with Gasteiger partial charge in [-0.2, -0.15) is 5.10 Å². The van der Waals surface area contributed by atoms with E-state index in [1.807, 2.05) is 25.4 Å². The molecule has 0 saturated carbocycles. The van der Waals surface area contributed by atoms with Gasteiger partial charge < -0.3 is 5.32 Å². The minimum absolute atomic E-state index is 0.186. The topological polar surface area (TPSA) is 53.6 Å². The van der Waals surface area contributed by atoms with E-state index in [4.69, 9.17) is 0 Å². The lowest BCUT2D eigenvalue weighted by Gasteiger charge is -2.13. The van der Waals surface area contributed by atoms with Crippen molar-refractivity contribution in [1.29, 1.82) is 0 Å². The largest absolute Gasteiger partial charge is 0.365 e. The number of fused-ring (bicyclic) bond motifs is 2. The number of anilines is 1. The van der Waals surface area contributed by atoms with Crippen LogP contribution in [0.4, 0.5) is 9.52 Å². The van der Waals surface area contributed by atoms with Crippen molar-refractivity contribution in [3.63, 3.8) is 0 Å². The zero-order valence-electron chi connectivity index (χ0n) is 13.4. The van der Waals surface area contributed by atoms with Crippen LogP contribution in [0.1, 0.15) is 5.56 Å². The summed E-state index contributed by atoms with van der Waals surface area (Å²) in [6, 6.07) is 6.05. The first kappa shape index (κ1) is 15.4. The summed E-state index contributed by atoms with van der Waals surface area (Å²) >= 11 is 3.01. The van der Waals surface area contributed by atoms with Crippen molar-refractivity contribution in [2.45, 2.75) is 11.8 Å². The van der Waals surface area contributed by atoms with E-state index < -0.39 is 0 Å². The van der Waals surface area contributed by atoms with Gasteiger partial charge in [0.15, 0.2) is 5.13 Å². The molecular formula is C17H15FN4S2. The maximum Gasteiger partial charge on any atom is 0.183 e. The van der Waals surface area contributed by atoms with Gasteiger partial charge in [-0.25, -0.2) is 9.37 Å². The normalized spacial score (nSPS) is 11.5. The number of aryl methyl sites for hydroxylation is 1. The standard InChI is InChI=1S/C17H15FN4S2/c1-8-14(18)16(23-3)13(10-7-20-22-15(8)10)9-4-5-11-12(6-9)24-17(19-2)21-11/h4-7H,1-3H3,(H,19,21)(H,20,22). The van der Waals surface area contributed by atoms with Crippen molar-refractivity contribution in [2.24, 2.45) is 0 Å². The summed E-state index contributed by atoms with van der Waals surface area (Å²) < 4.78 is 15.9. The van der Waals surface area contributed by atoms with E-state index >= 15 is 0 Å². The van der Waals surface area contributed by atoms with Gasteiger partial charge in [-0.3, -0.25) is 5.10 Å². The molecule has 0 aliphatic carbocycles. The van der Waals surface area contributed by atoms with Gasteiger partial charge in [-0.15, -0.1) is 11.8 Å². The second kappa shape index (κ2) is 5.75. The molecule has 2 aromatic heterocycles. The lowest BCUT2D eigenvalue weighted by Crippen LogP contribution is -1.94. The van der Waals surface area contributed by atoms with E-state index in [1.54, 1.807) is 24.5 Å². The Morgan fingerprint density at radius 1 is 1.33 bits per heavy atom. The molecule has 2 N–H and O–H groups in total. The highest BCUT2D eigenvalue weighted by atomic mass is 32.2. The predicted octanol–water partition coefficient (Wildman–Crippen LogP) is 5.05. The van der Waals surface area contributed by atoms with E-state index in [-0.39, 0.29) is 5.82 Å². The van der Waals surface area contributed by atoms with Crippen molar-refractivity contribution in [1.82, 2.24) is 15.2 Å². The molecule has 122 valence electrons. The van der Waals surface area contributed by atoms with Gasteiger partial charge >= 0.3 is 0 Å². The molecule has 0 radical (unpaired) electrons. The minimum Gasteiger partial charge on any atom is -0.365 e. The molecule has 0 amide bonds. The van der Waals surface area contributed by atoms with E-state index in [0.29, 0.717) is 10.5 Å². The number of thiazole rings is 1. The Morgan fingerprint density at radius 3 is 2.92 bits per heavy atom. The summed E-state index contributed by atoms with van der Waals surface area (Å²) in [6.07, 6.45) is 3.67. The molecule has 0 bridgehead atoms. The number of nitrogens with one attached hydrogen (secondary N) is 2. The Hall–Kier alpha value is -2.12. The summed E-state index contributed by atoms with van der Waals surface area (Å²) in [5.74, 6) is -0.186. The highest BCUT2D eigenvalue weighted by molar-refractivity contribution is 7.98. The first-order valence-corrected chi connectivity index (χ1v) is 9.46. The summed E-state index contributed by atoms with van der Waals surface area (Å²) in [4.78, 5) is 5.15. The van der Waals surface area contributed by atoms with Crippen LogP contribution < -0.4 is 5.32 Å². The van der Waals surface area contributed by atoms with Crippen LogP contribution in [0.15, 0.2) is 29.3 Å². The average molecular weight is 358 g/mol. The van der Waals surface area contributed by atoms with Crippen LogP contribution in [0, 0.1) is 12.7 Å². The Morgan fingerprint density at radius 2 is 2.17 bits per heavy atom. The number of hydrogen-bond donors (Lipinski definition) is 2. The summed E-state index contributed by atoms with van der Waals surface area (Å²) in [5, 5.41) is 11.9. The maximum absolute atomic E-state index is 14.8. The predicted molar refractivity (Wildman–Crippen MR) is 101 cm³/mol. The van der Waals surface area contributed by atoms with Gasteiger partial charge in [0.2, 0.25) is 0 Å². The molecule has 0 saturated heterocycles. The fourth-order valence-electron chi connectivity index (χ4n) is 2.94. The Kier molecular flexibility index (Phi) is 3.69. The number of benzene rings is 2. The van der Waals surface area contributed by atoms with E-state index in [2.05, 4.69) is 26.6 Å². The van der Waals surface area contributed by atoms with Crippen LogP contribution in [0.25, 0.3) is 32.2 Å². The molecule has 24 heavy (non-hydrogen) atoms. The Bertz CT molecular complexity index is 1070. The van der Waals surface area contributed by atoms with Gasteiger partial charge in [0.25, 0.3) is 0 Å². The zero-order valence-corrected chi connectivity index (χ0v) is 15.0. The average Bonchev–Trinajstić information content (AvgIpc) is 3.23. The molecular weight excluding hydrogens is 343 g/mol. The third-order valence-corrected chi connectivity index (χ3v) is 5.96. The first-order valence-electron chi connectivity index (χ1n) is 7.42. The molecule has 0 aliphatic heterocycles. The van der Waals surface area contributed by atoms with Gasteiger partial charge in [-0.1, -0.05) is 17.4 Å². The third kappa shape index (κ3) is 2.19. The number of H-pyrrole nitrogens is 1. The smallest absolute Gasteiger partial charge is 0.183 e. The number of nitrogens with zero attached hydrogens (tertiary/aromatic N) is 2. The van der Waals surface area contributed by atoms with Crippen LogP contribution in [-0.2, 0) is 0 Å². The van der Waals surface area contributed by atoms with Crippen molar-refractivity contribution in [3.8, 4) is 11.1 Å². The highest BCUT2D eigenvalue weighted by Gasteiger charge is 2.20. The quantitative estimate of drug-likeness (QED) is 0.503. The zero-order chi connectivity index (χ0) is 16.8. The molecule has 4 rings (SSSR count). The second-order valence-electron chi connectivity index (χ2n) is 5.46. The van der Waals surface area contributed by atoms with Crippen LogP contribution in [-0.4, -0.2) is 28.5 Å². The SMILES string of the molecule is CNc1nc2ccc(-c3c(SC)c(F)c(C)c4[nH]ncc34)cc2s1. The molecule has 2 heterocycles. The summed E-state index contributed by atoms with van der Waals surface area (Å²) in [5.41, 5.74) is 4.15. The number of thioether (sulfide) groups is 1. The molecule has 4 aromatic rings. The molecule has 0 unspecified atom stereocenters. The number of halogens is 1. The van der Waals surface area contributed by atoms with E-state index in [1.165, 1.54) is 11.8 Å². The lowest BCUT2D eigenvalue weighted by atomic mass is 9.99. The summed E-state index contributed by atoms with van der Waals surface area (Å²) in [7, 11) is 1.86. The van der Waals surface area contributed by atoms with Crippen molar-refractivity contribution < 1.29 is 4.39 Å². The fourth-order valence-corrected chi connectivity index (χ4v) is 4.56. The van der Waals surface area contributed by atoms with Crippen LogP contribution in [0.5, 0.6) is 0 Å². The van der Waals surface area contributed by atoms with Crippen LogP contribution >= 0.6 is 23.1 Å². The molecule has 0 spiro atoms. The Balaban J connectivity index is 2.05. The van der Waals surface area contributed by atoms with Gasteiger partial charge in [0.1, 0.15) is 5.82 Å². The van der Waals surface area contributed by atoms with Crippen molar-refractivity contribution in [2.75, 3.05) is 18.6 Å². The van der Waals surface area contributed by atoms with Crippen LogP contribution in [0.3, 0.4) is 0 Å². The molecule has 0 fully saturated rings. The minimum atomic E-state index is -0.186. The number of hydrogen-bond acceptors (Lipinski definition) is 5. The molecule has 2 aromatic carbocycles. The molecule has 0 aliphatic rings. The van der Waals surface area contributed by atoms with Gasteiger partial charge in [0, 0.05) is 23.6 Å². The van der Waals surface area contributed by atoms with E-state index in [9.17, 15) is 4.39 Å². The number of aromatic amines is 1. The number of aromatic nitrogens is 3. The maximum atomic E-state index is 14.8. The van der Waals surface area contributed by atoms with Gasteiger partial charge in [-0.05, 0) is 30.9 Å². The monoisotopic (exact) mass is 358 g/mol.